The van der Waals surface area contributed by atoms with Gasteiger partial charge in [0.25, 0.3) is 5.91 Å². The quantitative estimate of drug-likeness (QED) is 0.195. The van der Waals surface area contributed by atoms with Gasteiger partial charge < -0.3 is 26.2 Å². The van der Waals surface area contributed by atoms with Gasteiger partial charge in [0.15, 0.2) is 0 Å². The lowest BCUT2D eigenvalue weighted by Gasteiger charge is -2.41. The van der Waals surface area contributed by atoms with Crippen molar-refractivity contribution in [2.45, 2.75) is 118 Å². The van der Waals surface area contributed by atoms with Gasteiger partial charge in [-0.25, -0.2) is 4.79 Å². The van der Waals surface area contributed by atoms with Crippen molar-refractivity contribution in [1.29, 1.82) is 0 Å². The summed E-state index contributed by atoms with van der Waals surface area (Å²) in [5, 5.41) is 11.0. The lowest BCUT2D eigenvalue weighted by molar-refractivity contribution is -0.143. The summed E-state index contributed by atoms with van der Waals surface area (Å²) in [4.78, 5) is 79.9. The van der Waals surface area contributed by atoms with Crippen molar-refractivity contribution in [3.63, 3.8) is 0 Å². The fourth-order valence-electron chi connectivity index (χ4n) is 6.08. The highest BCUT2D eigenvalue weighted by atomic mass is 16.2. The molecule has 0 aromatic rings. The second kappa shape index (κ2) is 15.2. The lowest BCUT2D eigenvalue weighted by Crippen LogP contribution is -2.62. The van der Waals surface area contributed by atoms with E-state index in [0.29, 0.717) is 25.8 Å². The van der Waals surface area contributed by atoms with Crippen LogP contribution >= 0.6 is 0 Å². The molecular weight excluding hydrogens is 562 g/mol. The Bertz CT molecular complexity index is 1100. The first-order valence-corrected chi connectivity index (χ1v) is 15.9. The minimum absolute atomic E-state index is 0.0611. The molecule has 2 rings (SSSR count). The first-order chi connectivity index (χ1) is 20.3. The van der Waals surface area contributed by atoms with Crippen LogP contribution in [0, 0.1) is 22.7 Å². The molecule has 3 atom stereocenters. The number of urea groups is 1. The number of ketones is 2. The van der Waals surface area contributed by atoms with Crippen LogP contribution in [0.1, 0.15) is 100 Å². The van der Waals surface area contributed by atoms with Crippen LogP contribution in [-0.4, -0.2) is 77.5 Å². The highest BCUT2D eigenvalue weighted by Gasteiger charge is 2.47. The topological polar surface area (TPSA) is 154 Å². The number of Topliss-reactive ketones (excluding diaryl/α,β-unsaturated/α-hetero) is 2. The van der Waals surface area contributed by atoms with Gasteiger partial charge in [0, 0.05) is 30.5 Å². The molecule has 1 aliphatic carbocycles. The summed E-state index contributed by atoms with van der Waals surface area (Å²) in [5.41, 5.74) is -1.92. The molecule has 0 unspecified atom stereocenters. The Balaban J connectivity index is 2.25. The predicted molar refractivity (Wildman–Crippen MR) is 169 cm³/mol. The zero-order valence-electron chi connectivity index (χ0n) is 28.1. The average molecular weight is 618 g/mol. The van der Waals surface area contributed by atoms with Gasteiger partial charge in [0.2, 0.25) is 17.6 Å². The highest BCUT2D eigenvalue weighted by molar-refractivity contribution is 6.37. The van der Waals surface area contributed by atoms with Gasteiger partial charge in [0.1, 0.15) is 17.9 Å². The fraction of sp³-hybridized carbons (Fsp3) is 0.758. The molecule has 5 amide bonds. The second-order valence-corrected chi connectivity index (χ2v) is 14.9. The Morgan fingerprint density at radius 2 is 1.57 bits per heavy atom. The van der Waals surface area contributed by atoms with Crippen LogP contribution in [0.4, 0.5) is 4.79 Å². The summed E-state index contributed by atoms with van der Waals surface area (Å²) in [6, 6.07) is -2.34. The van der Waals surface area contributed by atoms with Crippen molar-refractivity contribution < 1.29 is 28.8 Å². The van der Waals surface area contributed by atoms with E-state index in [4.69, 9.17) is 0 Å². The number of carbonyl (C=O) groups excluding carboxylic acids is 6. The molecule has 1 saturated heterocycles. The molecule has 11 nitrogen and oxygen atoms in total. The van der Waals surface area contributed by atoms with E-state index in [1.54, 1.807) is 0 Å². The molecule has 2 fully saturated rings. The Labute approximate surface area is 263 Å². The summed E-state index contributed by atoms with van der Waals surface area (Å²) in [5.74, 6) is -2.58. The highest BCUT2D eigenvalue weighted by Crippen LogP contribution is 2.35. The maximum absolute atomic E-state index is 14.2. The second-order valence-electron chi connectivity index (χ2n) is 14.9. The van der Waals surface area contributed by atoms with Gasteiger partial charge in [-0.2, -0.15) is 0 Å². The van der Waals surface area contributed by atoms with Crippen LogP contribution in [0.15, 0.2) is 12.7 Å². The van der Waals surface area contributed by atoms with Crippen molar-refractivity contribution in [2.75, 3.05) is 19.6 Å². The van der Waals surface area contributed by atoms with Crippen molar-refractivity contribution in [2.24, 2.45) is 22.7 Å². The molecule has 1 heterocycles. The van der Waals surface area contributed by atoms with Crippen molar-refractivity contribution in [3.05, 3.63) is 12.7 Å². The largest absolute Gasteiger partial charge is 0.347 e. The van der Waals surface area contributed by atoms with Crippen LogP contribution < -0.4 is 21.3 Å². The summed E-state index contributed by atoms with van der Waals surface area (Å²) >= 11 is 0. The molecule has 4 N–H and O–H groups in total. The molecular formula is C33H55N5O6. The lowest BCUT2D eigenvalue weighted by atomic mass is 9.74. The van der Waals surface area contributed by atoms with Crippen LogP contribution in [0.3, 0.4) is 0 Å². The predicted octanol–water partition coefficient (Wildman–Crippen LogP) is 3.27. The fourth-order valence-corrected chi connectivity index (χ4v) is 6.08. The van der Waals surface area contributed by atoms with E-state index < -0.39 is 64.5 Å². The maximum atomic E-state index is 14.2. The molecule has 248 valence electrons. The van der Waals surface area contributed by atoms with Gasteiger partial charge in [0.05, 0.1) is 6.54 Å². The Kier molecular flexibility index (Phi) is 12.7. The number of nitrogens with zero attached hydrogens (tertiary/aromatic N) is 1. The third-order valence-electron chi connectivity index (χ3n) is 8.85. The van der Waals surface area contributed by atoms with Crippen molar-refractivity contribution >= 4 is 35.3 Å². The zero-order chi connectivity index (χ0) is 33.5. The molecule has 0 spiro atoms. The van der Waals surface area contributed by atoms with Gasteiger partial charge >= 0.3 is 6.03 Å². The van der Waals surface area contributed by atoms with Gasteiger partial charge in [-0.05, 0) is 36.5 Å². The third kappa shape index (κ3) is 9.89. The minimum atomic E-state index is -0.964. The number of carbonyl (C=O) groups is 6. The first-order valence-electron chi connectivity index (χ1n) is 15.9. The van der Waals surface area contributed by atoms with Crippen molar-refractivity contribution in [3.8, 4) is 0 Å². The van der Waals surface area contributed by atoms with E-state index in [9.17, 15) is 28.8 Å². The Hall–Kier alpha value is -3.24. The van der Waals surface area contributed by atoms with Gasteiger partial charge in [-0.1, -0.05) is 80.7 Å². The molecule has 0 bridgehead atoms. The van der Waals surface area contributed by atoms with Crippen molar-refractivity contribution in [1.82, 2.24) is 26.2 Å². The molecule has 0 aromatic heterocycles. The van der Waals surface area contributed by atoms with Crippen LogP contribution in [0.2, 0.25) is 0 Å². The van der Waals surface area contributed by atoms with E-state index in [-0.39, 0.29) is 30.6 Å². The standard InChI is InChI=1S/C33H55N5O6/c1-10-17-34-27(41)23(39)20-35-28(42)25-22(21(2)3)14-18-38(25)29(43)26(32(7,8)9)36-30(44)37-33(15-12-11-13-16-33)19-24(40)31(4,5)6/h10,21-22,25-26H,1,11-20H2,2-9H3,(H,34,41)(H,35,42)(H2,36,37,44)/t22-,25+,26-/m1/s1. The van der Waals surface area contributed by atoms with Gasteiger partial charge in [-0.15, -0.1) is 6.58 Å². The van der Waals surface area contributed by atoms with E-state index in [2.05, 4.69) is 27.8 Å². The van der Waals surface area contributed by atoms with E-state index in [1.165, 1.54) is 11.0 Å². The summed E-state index contributed by atoms with van der Waals surface area (Å²) < 4.78 is 0. The minimum Gasteiger partial charge on any atom is -0.347 e. The number of hydrogen-bond donors (Lipinski definition) is 4. The number of rotatable bonds is 12. The van der Waals surface area contributed by atoms with E-state index in [0.717, 1.165) is 19.3 Å². The number of hydrogen-bond acceptors (Lipinski definition) is 6. The average Bonchev–Trinajstić information content (AvgIpc) is 3.38. The van der Waals surface area contributed by atoms with Crippen LogP contribution in [0.5, 0.6) is 0 Å². The molecule has 1 saturated carbocycles. The normalized spacial score (nSPS) is 20.8. The Morgan fingerprint density at radius 1 is 0.955 bits per heavy atom. The SMILES string of the molecule is C=CCNC(=O)C(=O)CNC(=O)[C@@H]1[C@@H](C(C)C)CCN1C(=O)[C@@H](NC(=O)NC1(CC(=O)C(C)(C)C)CCCCC1)C(C)(C)C. The third-order valence-corrected chi connectivity index (χ3v) is 8.85. The zero-order valence-corrected chi connectivity index (χ0v) is 28.1. The maximum Gasteiger partial charge on any atom is 0.315 e. The smallest absolute Gasteiger partial charge is 0.315 e. The first kappa shape index (κ1) is 36.9. The molecule has 0 radical (unpaired) electrons. The number of nitrogens with one attached hydrogen (secondary N) is 4. The van der Waals surface area contributed by atoms with Crippen LogP contribution in [0.25, 0.3) is 0 Å². The Morgan fingerprint density at radius 3 is 2.09 bits per heavy atom. The summed E-state index contributed by atoms with van der Waals surface area (Å²) in [6.07, 6.45) is 6.47. The molecule has 44 heavy (non-hydrogen) atoms. The molecule has 11 heteroatoms. The van der Waals surface area contributed by atoms with Gasteiger partial charge in [-0.3, -0.25) is 24.0 Å². The molecule has 1 aliphatic heterocycles. The van der Waals surface area contributed by atoms with E-state index >= 15 is 0 Å². The molecule has 0 aromatic carbocycles. The number of amides is 5. The molecule has 2 aliphatic rings. The number of likely N-dealkylation sites (tertiary alicyclic amines) is 1. The van der Waals surface area contributed by atoms with E-state index in [1.807, 2.05) is 55.4 Å². The summed E-state index contributed by atoms with van der Waals surface area (Å²) in [7, 11) is 0. The van der Waals surface area contributed by atoms with Crippen LogP contribution in [-0.2, 0) is 24.0 Å². The monoisotopic (exact) mass is 617 g/mol. The summed E-state index contributed by atoms with van der Waals surface area (Å²) in [6.45, 7) is 18.6.